The second-order valence-corrected chi connectivity index (χ2v) is 18.8. The van der Waals surface area contributed by atoms with E-state index in [-0.39, 0.29) is 35.5 Å². The highest BCUT2D eigenvalue weighted by molar-refractivity contribution is 6.00. The molecule has 0 radical (unpaired) electrons. The first kappa shape index (κ1) is 41.9. The molecule has 3 fully saturated rings. The Hall–Kier alpha value is -6.76. The first-order valence-electron chi connectivity index (χ1n) is 22.4. The molecule has 66 heavy (non-hydrogen) atoms. The molecule has 2 N–H and O–H groups in total. The van der Waals surface area contributed by atoms with Crippen LogP contribution in [0.25, 0.3) is 39.0 Å². The lowest BCUT2D eigenvalue weighted by molar-refractivity contribution is -0.0276. The van der Waals surface area contributed by atoms with E-state index in [1.54, 1.807) is 65.5 Å². The van der Waals surface area contributed by atoms with Gasteiger partial charge in [-0.1, -0.05) is 6.92 Å². The van der Waals surface area contributed by atoms with Gasteiger partial charge in [0.15, 0.2) is 0 Å². The molecule has 4 aliphatic rings. The largest absolute Gasteiger partial charge is 0.427 e. The highest BCUT2D eigenvalue weighted by atomic mass is 19.1. The molecule has 2 amide bonds. The van der Waals surface area contributed by atoms with Crippen LogP contribution in [0.5, 0.6) is 0 Å². The van der Waals surface area contributed by atoms with Crippen LogP contribution in [0.4, 0.5) is 14.9 Å². The number of halogens is 1. The molecule has 3 aromatic carbocycles. The van der Waals surface area contributed by atoms with E-state index in [1.807, 2.05) is 33.8 Å². The predicted molar refractivity (Wildman–Crippen MR) is 244 cm³/mol. The SMILES string of the molecule is COCCn1ncc2cc(-n3ccn(-c4c5c(nn4-c4cc(C)c(F)c(C)c4)CCN(C(=O)c4cc6cc(N7CCOC(C)(C)C7)ccc6n4[C@@]4(C6NOC(=O)N6)C[C@@H]4C)C5)c3=O)ccc21. The summed E-state index contributed by atoms with van der Waals surface area (Å²) in [5.41, 5.74) is 8.42. The van der Waals surface area contributed by atoms with Crippen LogP contribution >= 0.6 is 0 Å². The fourth-order valence-corrected chi connectivity index (χ4v) is 10.5. The summed E-state index contributed by atoms with van der Waals surface area (Å²) in [6.07, 6.45) is 5.15. The van der Waals surface area contributed by atoms with Crippen LogP contribution in [0.2, 0.25) is 0 Å². The van der Waals surface area contributed by atoms with Crippen LogP contribution in [-0.4, -0.2) is 102 Å². The highest BCUT2D eigenvalue weighted by Crippen LogP contribution is 2.55. The average molecular weight is 898 g/mol. The predicted octanol–water partition coefficient (Wildman–Crippen LogP) is 5.64. The first-order chi connectivity index (χ1) is 31.7. The van der Waals surface area contributed by atoms with E-state index in [2.05, 4.69) is 64.3 Å². The second-order valence-electron chi connectivity index (χ2n) is 18.8. The van der Waals surface area contributed by atoms with Crippen LogP contribution in [0, 0.1) is 25.6 Å². The van der Waals surface area contributed by atoms with Gasteiger partial charge in [-0.2, -0.15) is 10.2 Å². The number of nitrogens with zero attached hydrogens (tertiary/aromatic N) is 9. The molecule has 4 aromatic heterocycles. The maximum absolute atomic E-state index is 15.4. The minimum Gasteiger partial charge on any atom is -0.383 e. The van der Waals surface area contributed by atoms with Gasteiger partial charge in [0.25, 0.3) is 5.91 Å². The summed E-state index contributed by atoms with van der Waals surface area (Å²) >= 11 is 0. The number of carbonyl (C=O) groups is 2. The summed E-state index contributed by atoms with van der Waals surface area (Å²) in [5, 5.41) is 14.3. The molecule has 18 heteroatoms. The number of nitrogens with one attached hydrogen (secondary N) is 2. The monoisotopic (exact) mass is 897 g/mol. The van der Waals surface area contributed by atoms with Gasteiger partial charge >= 0.3 is 11.8 Å². The van der Waals surface area contributed by atoms with Gasteiger partial charge in [-0.3, -0.25) is 23.9 Å². The third-order valence-electron chi connectivity index (χ3n) is 13.9. The van der Waals surface area contributed by atoms with Crippen molar-refractivity contribution < 1.29 is 28.3 Å². The van der Waals surface area contributed by atoms with Gasteiger partial charge in [-0.05, 0) is 106 Å². The van der Waals surface area contributed by atoms with Gasteiger partial charge in [0.1, 0.15) is 23.5 Å². The Bertz CT molecular complexity index is 3150. The summed E-state index contributed by atoms with van der Waals surface area (Å²) in [6, 6.07) is 17.5. The number of imidazole rings is 1. The Kier molecular flexibility index (Phi) is 9.79. The number of fused-ring (bicyclic) bond motifs is 3. The van der Waals surface area contributed by atoms with Gasteiger partial charge in [-0.15, -0.1) is 5.48 Å². The van der Waals surface area contributed by atoms with E-state index in [9.17, 15) is 9.59 Å². The molecular formula is C48H52FN11O6. The number of morpholine rings is 1. The third kappa shape index (κ3) is 6.71. The van der Waals surface area contributed by atoms with Crippen LogP contribution < -0.4 is 21.4 Å². The molecule has 17 nitrogen and oxygen atoms in total. The van der Waals surface area contributed by atoms with Crippen molar-refractivity contribution in [2.75, 3.05) is 44.9 Å². The molecule has 342 valence electrons. The van der Waals surface area contributed by atoms with Crippen LogP contribution in [-0.2, 0) is 39.4 Å². The van der Waals surface area contributed by atoms with Crippen molar-refractivity contribution in [3.05, 3.63) is 118 Å². The average Bonchev–Trinajstić information content (AvgIpc) is 3.94. The minimum absolute atomic E-state index is 0.0859. The molecule has 0 bridgehead atoms. The topological polar surface area (TPSA) is 160 Å². The lowest BCUT2D eigenvalue weighted by Gasteiger charge is -2.39. The lowest BCUT2D eigenvalue weighted by atomic mass is 10.1. The molecule has 1 aliphatic carbocycles. The quantitative estimate of drug-likeness (QED) is 0.176. The highest BCUT2D eigenvalue weighted by Gasteiger charge is 2.62. The fraction of sp³-hybridized carbons (Fsp3) is 0.396. The zero-order chi connectivity index (χ0) is 45.8. The number of hydroxylamine groups is 1. The number of aromatic nitrogens is 7. The van der Waals surface area contributed by atoms with Crippen LogP contribution in [0.3, 0.4) is 0 Å². The lowest BCUT2D eigenvalue weighted by Crippen LogP contribution is -2.49. The van der Waals surface area contributed by atoms with Crippen molar-refractivity contribution in [1.29, 1.82) is 0 Å². The number of anilines is 1. The number of hydrogen-bond donors (Lipinski definition) is 2. The van der Waals surface area contributed by atoms with Crippen molar-refractivity contribution in [3.8, 4) is 17.2 Å². The molecule has 1 unspecified atom stereocenters. The van der Waals surface area contributed by atoms with Gasteiger partial charge in [0.05, 0.1) is 66.2 Å². The first-order valence-corrected chi connectivity index (χ1v) is 22.4. The summed E-state index contributed by atoms with van der Waals surface area (Å²) in [5.74, 6) is 0.0380. The molecule has 1 saturated carbocycles. The number of amides is 2. The van der Waals surface area contributed by atoms with Crippen molar-refractivity contribution >= 4 is 39.5 Å². The van der Waals surface area contributed by atoms with E-state index in [0.717, 1.165) is 39.7 Å². The number of benzene rings is 3. The zero-order valence-corrected chi connectivity index (χ0v) is 37.8. The molecule has 11 rings (SSSR count). The van der Waals surface area contributed by atoms with E-state index in [1.165, 1.54) is 0 Å². The van der Waals surface area contributed by atoms with E-state index in [0.29, 0.717) is 85.3 Å². The summed E-state index contributed by atoms with van der Waals surface area (Å²) in [7, 11) is 1.65. The standard InChI is InChI=1S/C48H52FN11O6/c1-28-19-35(20-29(2)41(28)49)60-42(57-14-13-56(46(57)63)34-8-9-38-32(22-34)25-50-58(38)16-17-64-6)36-26-54(12-11-37(36)52-60)43(61)40-23-31-21-33(55-15-18-65-47(4,5)27-55)7-10-39(31)59(40)48(24-30(48)3)44-51-45(62)66-53-44/h7-10,13-14,19-23,25,30,44,53H,11-12,15-18,24,26-27H2,1-6H3,(H,51,62)/t30-,44?,48-/m0/s1. The van der Waals surface area contributed by atoms with E-state index >= 15 is 9.18 Å². The van der Waals surface area contributed by atoms with Gasteiger partial charge in [0, 0.05) is 73.1 Å². The Morgan fingerprint density at radius 3 is 2.42 bits per heavy atom. The smallest absolute Gasteiger partial charge is 0.383 e. The van der Waals surface area contributed by atoms with Crippen LogP contribution in [0.1, 0.15) is 60.1 Å². The normalized spacial score (nSPS) is 21.4. The summed E-state index contributed by atoms with van der Waals surface area (Å²) in [6.45, 7) is 13.4. The molecule has 3 atom stereocenters. The van der Waals surface area contributed by atoms with Crippen molar-refractivity contribution in [2.45, 2.75) is 77.9 Å². The van der Waals surface area contributed by atoms with Crippen molar-refractivity contribution in [2.24, 2.45) is 5.92 Å². The van der Waals surface area contributed by atoms with Crippen molar-refractivity contribution in [1.82, 2.24) is 49.0 Å². The Morgan fingerprint density at radius 2 is 1.70 bits per heavy atom. The van der Waals surface area contributed by atoms with Crippen LogP contribution in [0.15, 0.2) is 78.0 Å². The second kappa shape index (κ2) is 15.4. The maximum atomic E-state index is 15.4. The summed E-state index contributed by atoms with van der Waals surface area (Å²) < 4.78 is 35.2. The van der Waals surface area contributed by atoms with Gasteiger partial charge in [-0.25, -0.2) is 18.7 Å². The molecule has 7 aromatic rings. The number of rotatable bonds is 10. The Balaban J connectivity index is 1.01. The number of ether oxygens (including phenoxy) is 2. The van der Waals surface area contributed by atoms with Crippen molar-refractivity contribution in [3.63, 3.8) is 0 Å². The maximum Gasteiger partial charge on any atom is 0.427 e. The number of hydrogen-bond acceptors (Lipinski definition) is 10. The van der Waals surface area contributed by atoms with Gasteiger partial charge < -0.3 is 28.7 Å². The third-order valence-corrected chi connectivity index (χ3v) is 13.9. The van der Waals surface area contributed by atoms with E-state index < -0.39 is 17.8 Å². The number of aryl methyl sites for hydroxylation is 2. The Morgan fingerprint density at radius 1 is 0.955 bits per heavy atom. The molecular weight excluding hydrogens is 846 g/mol. The molecule has 2 saturated heterocycles. The zero-order valence-electron chi connectivity index (χ0n) is 37.8. The Labute approximate surface area is 379 Å². The van der Waals surface area contributed by atoms with Gasteiger partial charge in [0.2, 0.25) is 0 Å². The summed E-state index contributed by atoms with van der Waals surface area (Å²) in [4.78, 5) is 51.9. The number of methoxy groups -OCH3 is 1. The molecule has 7 heterocycles. The number of carbonyl (C=O) groups excluding carboxylic acids is 2. The fourth-order valence-electron chi connectivity index (χ4n) is 10.5. The minimum atomic E-state index is -0.696. The molecule has 3 aliphatic heterocycles. The molecule has 0 spiro atoms. The van der Waals surface area contributed by atoms with E-state index in [4.69, 9.17) is 19.4 Å².